The fourth-order valence-corrected chi connectivity index (χ4v) is 3.85. The van der Waals surface area contributed by atoms with Gasteiger partial charge >= 0.3 is 0 Å². The highest BCUT2D eigenvalue weighted by atomic mass is 32.2. The van der Waals surface area contributed by atoms with Gasteiger partial charge in [0.05, 0.1) is 5.69 Å². The number of nitrogens with one attached hydrogen (secondary N) is 2. The Hall–Kier alpha value is -3.64. The van der Waals surface area contributed by atoms with Gasteiger partial charge in [0, 0.05) is 39.7 Å². The summed E-state index contributed by atoms with van der Waals surface area (Å²) in [6, 6.07) is 25.4. The van der Waals surface area contributed by atoms with Crippen LogP contribution in [0, 0.1) is 0 Å². The van der Waals surface area contributed by atoms with Gasteiger partial charge in [-0.2, -0.15) is 0 Å². The number of amides is 2. The zero-order valence-corrected chi connectivity index (χ0v) is 17.9. The summed E-state index contributed by atoms with van der Waals surface area (Å²) in [5, 5.41) is 7.41. The molecule has 1 aromatic heterocycles. The number of hydrogen-bond donors (Lipinski definition) is 2. The first-order valence-corrected chi connectivity index (χ1v) is 10.7. The van der Waals surface area contributed by atoms with Crippen molar-refractivity contribution in [1.82, 2.24) is 10.3 Å². The number of fused-ring (bicyclic) bond motifs is 1. The lowest BCUT2D eigenvalue weighted by atomic mass is 10.1. The van der Waals surface area contributed by atoms with Crippen LogP contribution in [0.25, 0.3) is 10.8 Å². The molecule has 0 aliphatic carbocycles. The van der Waals surface area contributed by atoms with Crippen molar-refractivity contribution in [2.75, 3.05) is 11.9 Å². The Kier molecular flexibility index (Phi) is 8.20. The van der Waals surface area contributed by atoms with Gasteiger partial charge in [-0.15, -0.1) is 0 Å². The molecule has 0 atom stereocenters. The number of hydrogen-bond acceptors (Lipinski definition) is 4. The smallest absolute Gasteiger partial charge is 0.251 e. The molecule has 31 heavy (non-hydrogen) atoms. The fourth-order valence-electron chi connectivity index (χ4n) is 2.92. The van der Waals surface area contributed by atoms with E-state index in [1.807, 2.05) is 85.8 Å². The SMILES string of the molecule is CCNC(=O)c1cccc2ccncc12.O=CNc1ccccc1Sc1ccccc1. The van der Waals surface area contributed by atoms with E-state index in [4.69, 9.17) is 0 Å². The first-order valence-electron chi connectivity index (χ1n) is 9.86. The molecule has 0 bridgehead atoms. The van der Waals surface area contributed by atoms with Crippen molar-refractivity contribution in [2.45, 2.75) is 16.7 Å². The predicted octanol–water partition coefficient (Wildman–Crippen LogP) is 5.39. The lowest BCUT2D eigenvalue weighted by Crippen LogP contribution is -2.22. The van der Waals surface area contributed by atoms with Crippen LogP contribution in [0.5, 0.6) is 0 Å². The Labute approximate surface area is 185 Å². The molecule has 0 radical (unpaired) electrons. The second kappa shape index (κ2) is 11.5. The van der Waals surface area contributed by atoms with Gasteiger partial charge < -0.3 is 10.6 Å². The van der Waals surface area contributed by atoms with Gasteiger partial charge in [-0.25, -0.2) is 0 Å². The average molecular weight is 430 g/mol. The quantitative estimate of drug-likeness (QED) is 0.403. The van der Waals surface area contributed by atoms with Crippen LogP contribution in [0.15, 0.2) is 101 Å². The molecule has 0 unspecified atom stereocenters. The standard InChI is InChI=1S/C13H11NOS.C12H12N2O/c15-10-14-12-8-4-5-9-13(12)16-11-6-2-1-3-7-11;1-2-14-12(15)10-5-3-4-9-6-7-13-8-11(9)10/h1-10H,(H,14,15);3-8H,2H2,1H3,(H,14,15). The minimum absolute atomic E-state index is 0.0453. The molecule has 0 saturated carbocycles. The number of carbonyl (C=O) groups excluding carboxylic acids is 2. The predicted molar refractivity (Wildman–Crippen MR) is 126 cm³/mol. The van der Waals surface area contributed by atoms with Crippen LogP contribution in [0.1, 0.15) is 17.3 Å². The Balaban J connectivity index is 0.000000176. The minimum atomic E-state index is -0.0453. The van der Waals surface area contributed by atoms with Crippen molar-refractivity contribution in [1.29, 1.82) is 0 Å². The maximum atomic E-state index is 11.7. The number of aromatic nitrogens is 1. The lowest BCUT2D eigenvalue weighted by molar-refractivity contribution is -0.105. The van der Waals surface area contributed by atoms with Gasteiger partial charge in [-0.3, -0.25) is 14.6 Å². The van der Waals surface area contributed by atoms with E-state index in [0.717, 1.165) is 26.3 Å². The van der Waals surface area contributed by atoms with Crippen molar-refractivity contribution in [3.63, 3.8) is 0 Å². The minimum Gasteiger partial charge on any atom is -0.352 e. The van der Waals surface area contributed by atoms with Crippen molar-refractivity contribution in [3.05, 3.63) is 96.8 Å². The molecule has 4 rings (SSSR count). The molecule has 0 aliphatic heterocycles. The van der Waals surface area contributed by atoms with E-state index in [9.17, 15) is 9.59 Å². The second-order valence-corrected chi connectivity index (χ2v) is 7.55. The monoisotopic (exact) mass is 429 g/mol. The van der Waals surface area contributed by atoms with Gasteiger partial charge in [-0.1, -0.05) is 54.2 Å². The summed E-state index contributed by atoms with van der Waals surface area (Å²) in [4.78, 5) is 28.4. The van der Waals surface area contributed by atoms with Crippen molar-refractivity contribution >= 4 is 40.5 Å². The molecule has 4 aromatic rings. The molecule has 0 saturated heterocycles. The largest absolute Gasteiger partial charge is 0.352 e. The number of pyridine rings is 1. The summed E-state index contributed by atoms with van der Waals surface area (Å²) in [6.07, 6.45) is 4.15. The summed E-state index contributed by atoms with van der Waals surface area (Å²) < 4.78 is 0. The molecule has 2 amide bonds. The van der Waals surface area contributed by atoms with Crippen molar-refractivity contribution in [2.24, 2.45) is 0 Å². The van der Waals surface area contributed by atoms with Crippen LogP contribution in [0.2, 0.25) is 0 Å². The number of benzene rings is 3. The number of nitrogens with zero attached hydrogens (tertiary/aromatic N) is 1. The highest BCUT2D eigenvalue weighted by Gasteiger charge is 2.08. The Morgan fingerprint density at radius 3 is 2.52 bits per heavy atom. The third-order valence-corrected chi connectivity index (χ3v) is 5.42. The number of para-hydroxylation sites is 1. The topological polar surface area (TPSA) is 71.1 Å². The average Bonchev–Trinajstić information content (AvgIpc) is 2.81. The molecule has 1 heterocycles. The molecule has 0 spiro atoms. The molecule has 2 N–H and O–H groups in total. The molecular formula is C25H23N3O2S. The summed E-state index contributed by atoms with van der Waals surface area (Å²) >= 11 is 1.63. The van der Waals surface area contributed by atoms with Gasteiger partial charge in [0.15, 0.2) is 0 Å². The van der Waals surface area contributed by atoms with Crippen LogP contribution in [0.3, 0.4) is 0 Å². The zero-order chi connectivity index (χ0) is 21.9. The molecule has 5 nitrogen and oxygen atoms in total. The maximum absolute atomic E-state index is 11.7. The van der Waals surface area contributed by atoms with E-state index in [1.54, 1.807) is 24.2 Å². The van der Waals surface area contributed by atoms with E-state index >= 15 is 0 Å². The summed E-state index contributed by atoms with van der Waals surface area (Å²) in [5.74, 6) is -0.0453. The lowest BCUT2D eigenvalue weighted by Gasteiger charge is -2.07. The molecule has 156 valence electrons. The van der Waals surface area contributed by atoms with E-state index in [2.05, 4.69) is 15.6 Å². The number of carbonyl (C=O) groups is 2. The van der Waals surface area contributed by atoms with Crippen LogP contribution in [-0.2, 0) is 4.79 Å². The van der Waals surface area contributed by atoms with Crippen LogP contribution in [0.4, 0.5) is 5.69 Å². The Morgan fingerprint density at radius 1 is 0.968 bits per heavy atom. The first kappa shape index (κ1) is 22.1. The van der Waals surface area contributed by atoms with Crippen LogP contribution in [-0.4, -0.2) is 23.8 Å². The molecule has 0 aliphatic rings. The Bertz CT molecular complexity index is 1140. The van der Waals surface area contributed by atoms with E-state index < -0.39 is 0 Å². The second-order valence-electron chi connectivity index (χ2n) is 6.44. The van der Waals surface area contributed by atoms with Gasteiger partial charge in [0.2, 0.25) is 6.41 Å². The van der Waals surface area contributed by atoms with Crippen molar-refractivity contribution < 1.29 is 9.59 Å². The van der Waals surface area contributed by atoms with Crippen molar-refractivity contribution in [3.8, 4) is 0 Å². The maximum Gasteiger partial charge on any atom is 0.251 e. The van der Waals surface area contributed by atoms with Crippen LogP contribution < -0.4 is 10.6 Å². The number of anilines is 1. The normalized spacial score (nSPS) is 9.97. The summed E-state index contributed by atoms with van der Waals surface area (Å²) in [6.45, 7) is 2.54. The highest BCUT2D eigenvalue weighted by Crippen LogP contribution is 2.32. The molecule has 6 heteroatoms. The highest BCUT2D eigenvalue weighted by molar-refractivity contribution is 7.99. The summed E-state index contributed by atoms with van der Waals surface area (Å²) in [5.41, 5.74) is 1.52. The van der Waals surface area contributed by atoms with E-state index in [0.29, 0.717) is 18.5 Å². The fraction of sp³-hybridized carbons (Fsp3) is 0.0800. The van der Waals surface area contributed by atoms with Crippen LogP contribution >= 0.6 is 11.8 Å². The molecule has 3 aromatic carbocycles. The van der Waals surface area contributed by atoms with Gasteiger partial charge in [0.25, 0.3) is 5.91 Å². The Morgan fingerprint density at radius 2 is 1.74 bits per heavy atom. The van der Waals surface area contributed by atoms with E-state index in [-0.39, 0.29) is 5.91 Å². The number of rotatable bonds is 6. The van der Waals surface area contributed by atoms with Gasteiger partial charge in [-0.05, 0) is 48.7 Å². The molecular weight excluding hydrogens is 406 g/mol. The third kappa shape index (κ3) is 6.17. The molecule has 0 fully saturated rings. The summed E-state index contributed by atoms with van der Waals surface area (Å²) in [7, 11) is 0. The third-order valence-electron chi connectivity index (χ3n) is 4.34. The van der Waals surface area contributed by atoms with Gasteiger partial charge in [0.1, 0.15) is 0 Å². The first-order chi connectivity index (χ1) is 15.2. The zero-order valence-electron chi connectivity index (χ0n) is 17.1. The van der Waals surface area contributed by atoms with E-state index in [1.165, 1.54) is 0 Å².